The van der Waals surface area contributed by atoms with Gasteiger partial charge >= 0.3 is 0 Å². The van der Waals surface area contributed by atoms with Crippen LogP contribution in [0.25, 0.3) is 22.2 Å². The molecule has 1 aromatic carbocycles. The van der Waals surface area contributed by atoms with E-state index < -0.39 is 0 Å². The number of halogens is 1. The van der Waals surface area contributed by atoms with Crippen LogP contribution in [0.3, 0.4) is 0 Å². The Morgan fingerprint density at radius 1 is 1.36 bits per heavy atom. The van der Waals surface area contributed by atoms with Crippen LogP contribution in [0.2, 0.25) is 5.02 Å². The highest BCUT2D eigenvalue weighted by molar-refractivity contribution is 6.31. The number of aliphatic hydroxyl groups is 1. The number of nitrogens with zero attached hydrogens (tertiary/aromatic N) is 4. The van der Waals surface area contributed by atoms with Crippen LogP contribution in [0.15, 0.2) is 30.9 Å². The molecule has 0 spiro atoms. The summed E-state index contributed by atoms with van der Waals surface area (Å²) < 4.78 is 4.15. The molecule has 3 heterocycles. The van der Waals surface area contributed by atoms with Crippen LogP contribution in [0.1, 0.15) is 45.6 Å². The highest BCUT2D eigenvalue weighted by Crippen LogP contribution is 2.32. The van der Waals surface area contributed by atoms with Gasteiger partial charge in [-0.2, -0.15) is 5.10 Å². The number of aryl methyl sites for hydroxylation is 1. The van der Waals surface area contributed by atoms with Gasteiger partial charge in [-0.3, -0.25) is 4.68 Å². The van der Waals surface area contributed by atoms with Crippen LogP contribution < -0.4 is 5.32 Å². The lowest BCUT2D eigenvalue weighted by atomic mass is 9.97. The molecular formula is C21H28ClN5O. The van der Waals surface area contributed by atoms with E-state index in [9.17, 15) is 5.11 Å². The highest BCUT2D eigenvalue weighted by atomic mass is 35.5. The maximum atomic E-state index is 10.2. The second-order valence-electron chi connectivity index (χ2n) is 7.97. The van der Waals surface area contributed by atoms with Crippen molar-refractivity contribution in [3.8, 4) is 11.1 Å². The maximum Gasteiger partial charge on any atom is 0.0958 e. The molecule has 0 amide bonds. The predicted octanol–water partition coefficient (Wildman–Crippen LogP) is 4.03. The third-order valence-electron chi connectivity index (χ3n) is 5.58. The fraction of sp³-hybridized carbons (Fsp3) is 0.524. The van der Waals surface area contributed by atoms with E-state index in [2.05, 4.69) is 40.0 Å². The molecule has 0 aliphatic carbocycles. The normalized spacial score (nSPS) is 20.3. The average molecular weight is 402 g/mol. The van der Waals surface area contributed by atoms with E-state index in [1.807, 2.05) is 29.3 Å². The Labute approximate surface area is 170 Å². The van der Waals surface area contributed by atoms with Crippen molar-refractivity contribution in [3.63, 3.8) is 0 Å². The van der Waals surface area contributed by atoms with E-state index in [1.54, 1.807) is 0 Å². The van der Waals surface area contributed by atoms with Crippen molar-refractivity contribution in [3.05, 3.63) is 35.9 Å². The lowest BCUT2D eigenvalue weighted by Gasteiger charge is -2.29. The van der Waals surface area contributed by atoms with Crippen molar-refractivity contribution in [2.75, 3.05) is 6.54 Å². The fourth-order valence-electron chi connectivity index (χ4n) is 4.04. The minimum atomic E-state index is -0.232. The third-order valence-corrected chi connectivity index (χ3v) is 5.80. The molecule has 6 nitrogen and oxygen atoms in total. The Balaban J connectivity index is 1.59. The summed E-state index contributed by atoms with van der Waals surface area (Å²) in [4.78, 5) is 4.57. The van der Waals surface area contributed by atoms with Crippen LogP contribution >= 0.6 is 11.6 Å². The van der Waals surface area contributed by atoms with Crippen molar-refractivity contribution in [2.24, 2.45) is 0 Å². The van der Waals surface area contributed by atoms with Crippen molar-refractivity contribution < 1.29 is 5.11 Å². The zero-order chi connectivity index (χ0) is 19.7. The number of fused-ring (bicyclic) bond motifs is 1. The van der Waals surface area contributed by atoms with E-state index in [0.29, 0.717) is 11.1 Å². The van der Waals surface area contributed by atoms with Crippen LogP contribution in [0.4, 0.5) is 0 Å². The molecule has 1 saturated heterocycles. The number of imidazole rings is 1. The summed E-state index contributed by atoms with van der Waals surface area (Å²) in [5.74, 6) is 0. The summed E-state index contributed by atoms with van der Waals surface area (Å²) in [6.45, 7) is 6.08. The summed E-state index contributed by atoms with van der Waals surface area (Å²) >= 11 is 6.36. The standard InChI is InChI=1S/C21H28ClN5O/c1-14(2)27-12-15(11-25-27)17-9-16(22)10-19-21(17)26(13-24-19)8-4-5-18-20(28)6-3-7-23-18/h9-14,18,20,23,28H,3-8H2,1-2H3/t18-,20+/m1/s1. The number of rotatable bonds is 6. The van der Waals surface area contributed by atoms with Crippen molar-refractivity contribution >= 4 is 22.6 Å². The van der Waals surface area contributed by atoms with Gasteiger partial charge in [-0.05, 0) is 58.2 Å². The van der Waals surface area contributed by atoms with E-state index in [0.717, 1.165) is 60.9 Å². The Hall–Kier alpha value is -1.89. The lowest BCUT2D eigenvalue weighted by molar-refractivity contribution is 0.0909. The molecule has 7 heteroatoms. The quantitative estimate of drug-likeness (QED) is 0.654. The molecule has 0 radical (unpaired) electrons. The van der Waals surface area contributed by atoms with E-state index in [4.69, 9.17) is 11.6 Å². The van der Waals surface area contributed by atoms with Gasteiger partial charge in [0.15, 0.2) is 0 Å². The van der Waals surface area contributed by atoms with Gasteiger partial charge in [0.2, 0.25) is 0 Å². The first kappa shape index (κ1) is 19.4. The average Bonchev–Trinajstić information content (AvgIpc) is 3.30. The zero-order valence-electron chi connectivity index (χ0n) is 16.5. The van der Waals surface area contributed by atoms with Gasteiger partial charge in [-0.1, -0.05) is 11.6 Å². The Kier molecular flexibility index (Phi) is 5.71. The first-order valence-corrected chi connectivity index (χ1v) is 10.5. The van der Waals surface area contributed by atoms with Crippen LogP contribution in [0, 0.1) is 0 Å². The number of hydrogen-bond donors (Lipinski definition) is 2. The van der Waals surface area contributed by atoms with Gasteiger partial charge in [-0.15, -0.1) is 0 Å². The summed E-state index contributed by atoms with van der Waals surface area (Å²) in [5, 5.41) is 18.8. The molecule has 0 saturated carbocycles. The molecule has 1 fully saturated rings. The van der Waals surface area contributed by atoms with Gasteiger partial charge in [-0.25, -0.2) is 4.98 Å². The summed E-state index contributed by atoms with van der Waals surface area (Å²) in [7, 11) is 0. The van der Waals surface area contributed by atoms with Gasteiger partial charge in [0, 0.05) is 41.0 Å². The van der Waals surface area contributed by atoms with Crippen molar-refractivity contribution in [1.29, 1.82) is 0 Å². The second kappa shape index (κ2) is 8.23. The summed E-state index contributed by atoms with van der Waals surface area (Å²) in [6.07, 6.45) is 9.50. The molecule has 4 rings (SSSR count). The second-order valence-corrected chi connectivity index (χ2v) is 8.41. The molecule has 1 aliphatic heterocycles. The summed E-state index contributed by atoms with van der Waals surface area (Å²) in [5.41, 5.74) is 4.09. The topological polar surface area (TPSA) is 67.9 Å². The van der Waals surface area contributed by atoms with Gasteiger partial charge in [0.25, 0.3) is 0 Å². The van der Waals surface area contributed by atoms with Crippen LogP contribution in [-0.2, 0) is 6.54 Å². The van der Waals surface area contributed by atoms with Crippen molar-refractivity contribution in [2.45, 2.75) is 64.3 Å². The smallest absolute Gasteiger partial charge is 0.0958 e. The molecule has 2 N–H and O–H groups in total. The minimum absolute atomic E-state index is 0.196. The van der Waals surface area contributed by atoms with Crippen molar-refractivity contribution in [1.82, 2.24) is 24.6 Å². The van der Waals surface area contributed by atoms with E-state index in [1.165, 1.54) is 0 Å². The molecule has 2 atom stereocenters. The number of piperidine rings is 1. The lowest BCUT2D eigenvalue weighted by Crippen LogP contribution is -2.44. The number of aliphatic hydroxyl groups excluding tert-OH is 1. The number of aromatic nitrogens is 4. The van der Waals surface area contributed by atoms with E-state index in [-0.39, 0.29) is 12.1 Å². The Morgan fingerprint density at radius 3 is 2.96 bits per heavy atom. The number of nitrogens with one attached hydrogen (secondary N) is 1. The largest absolute Gasteiger partial charge is 0.392 e. The molecule has 2 aromatic heterocycles. The van der Waals surface area contributed by atoms with Crippen LogP contribution in [0.5, 0.6) is 0 Å². The Bertz CT molecular complexity index is 948. The molecule has 1 aliphatic rings. The first-order chi connectivity index (χ1) is 13.5. The van der Waals surface area contributed by atoms with E-state index >= 15 is 0 Å². The molecule has 150 valence electrons. The molecule has 0 unspecified atom stereocenters. The highest BCUT2D eigenvalue weighted by Gasteiger charge is 2.22. The maximum absolute atomic E-state index is 10.2. The van der Waals surface area contributed by atoms with Gasteiger partial charge in [0.05, 0.1) is 29.7 Å². The first-order valence-electron chi connectivity index (χ1n) is 10.1. The molecule has 28 heavy (non-hydrogen) atoms. The van der Waals surface area contributed by atoms with Gasteiger partial charge < -0.3 is 15.0 Å². The SMILES string of the molecule is CC(C)n1cc(-c2cc(Cl)cc3ncn(CCC[C@H]4NCCC[C@@H]4O)c23)cn1. The fourth-order valence-corrected chi connectivity index (χ4v) is 4.25. The predicted molar refractivity (Wildman–Crippen MR) is 113 cm³/mol. The molecule has 0 bridgehead atoms. The number of benzene rings is 1. The molecule has 3 aromatic rings. The minimum Gasteiger partial charge on any atom is -0.392 e. The van der Waals surface area contributed by atoms with Crippen LogP contribution in [-0.4, -0.2) is 43.1 Å². The molecular weight excluding hydrogens is 374 g/mol. The zero-order valence-corrected chi connectivity index (χ0v) is 17.2. The van der Waals surface area contributed by atoms with Gasteiger partial charge in [0.1, 0.15) is 0 Å². The Morgan fingerprint density at radius 2 is 2.21 bits per heavy atom. The third kappa shape index (κ3) is 3.95. The summed E-state index contributed by atoms with van der Waals surface area (Å²) in [6, 6.07) is 4.41. The monoisotopic (exact) mass is 401 g/mol. The number of hydrogen-bond acceptors (Lipinski definition) is 4.